The maximum Gasteiger partial charge on any atom is 0.288 e. The zero-order chi connectivity index (χ0) is 17.0. The lowest BCUT2D eigenvalue weighted by Crippen LogP contribution is -2.21. The lowest BCUT2D eigenvalue weighted by Gasteiger charge is -2.02. The van der Waals surface area contributed by atoms with E-state index >= 15 is 0 Å². The van der Waals surface area contributed by atoms with Gasteiger partial charge in [0.15, 0.2) is 5.78 Å². The number of hydrogen-bond donors (Lipinski definition) is 0. The van der Waals surface area contributed by atoms with Gasteiger partial charge in [0, 0.05) is 11.6 Å². The lowest BCUT2D eigenvalue weighted by molar-refractivity contribution is -0.384. The summed E-state index contributed by atoms with van der Waals surface area (Å²) in [5, 5.41) is 21.4. The van der Waals surface area contributed by atoms with Gasteiger partial charge in [-0.3, -0.25) is 14.9 Å². The molecule has 0 aliphatic rings. The van der Waals surface area contributed by atoms with Gasteiger partial charge >= 0.3 is 0 Å². The maximum absolute atomic E-state index is 12.0. The summed E-state index contributed by atoms with van der Waals surface area (Å²) < 4.78 is 0. The second-order valence-corrected chi connectivity index (χ2v) is 4.94. The fourth-order valence-electron chi connectivity index (χ4n) is 1.80. The Bertz CT molecular complexity index is 812. The molecule has 0 fully saturated rings. The van der Waals surface area contributed by atoms with Crippen molar-refractivity contribution in [3.8, 4) is 0 Å². The Balaban J connectivity index is 2.19. The number of nitro benzene ring substituents is 1. The molecule has 23 heavy (non-hydrogen) atoms. The number of ketones is 1. The molecule has 0 aliphatic heterocycles. The van der Waals surface area contributed by atoms with E-state index in [0.29, 0.717) is 5.56 Å². The molecule has 0 radical (unpaired) electrons. The first kappa shape index (κ1) is 16.4. The van der Waals surface area contributed by atoms with Crippen molar-refractivity contribution in [1.82, 2.24) is 0 Å². The van der Waals surface area contributed by atoms with E-state index in [1.807, 2.05) is 0 Å². The van der Waals surface area contributed by atoms with E-state index in [1.165, 1.54) is 48.6 Å². The van der Waals surface area contributed by atoms with Crippen molar-refractivity contribution < 1.29 is 19.6 Å². The van der Waals surface area contributed by atoms with Gasteiger partial charge in [0.1, 0.15) is 5.02 Å². The molecule has 0 saturated heterocycles. The van der Waals surface area contributed by atoms with E-state index in [-0.39, 0.29) is 21.8 Å². The number of halogens is 1. The fourth-order valence-corrected chi connectivity index (χ4v) is 1.99. The van der Waals surface area contributed by atoms with E-state index < -0.39 is 16.7 Å². The van der Waals surface area contributed by atoms with Crippen molar-refractivity contribution >= 4 is 35.1 Å². The third-order valence-electron chi connectivity index (χ3n) is 3.00. The zero-order valence-corrected chi connectivity index (χ0v) is 12.3. The normalized spacial score (nSPS) is 10.7. The fraction of sp³-hybridized carbons (Fsp3) is 0. The summed E-state index contributed by atoms with van der Waals surface area (Å²) in [6.45, 7) is 0. The zero-order valence-electron chi connectivity index (χ0n) is 11.6. The van der Waals surface area contributed by atoms with Crippen LogP contribution in [0.5, 0.6) is 0 Å². The van der Waals surface area contributed by atoms with Crippen LogP contribution in [0.4, 0.5) is 5.69 Å². The van der Waals surface area contributed by atoms with E-state index in [9.17, 15) is 24.8 Å². The molecule has 0 aromatic heterocycles. The van der Waals surface area contributed by atoms with Crippen LogP contribution in [0.1, 0.15) is 26.3 Å². The number of carboxylic acids is 1. The number of aromatic carboxylic acids is 1. The van der Waals surface area contributed by atoms with Crippen LogP contribution in [0.2, 0.25) is 5.02 Å². The van der Waals surface area contributed by atoms with E-state index in [1.54, 1.807) is 0 Å². The summed E-state index contributed by atoms with van der Waals surface area (Å²) in [5.74, 6) is -1.72. The molecule has 0 atom stereocenters. The largest absolute Gasteiger partial charge is 0.545 e. The Morgan fingerprint density at radius 1 is 1.04 bits per heavy atom. The standard InChI is InChI=1S/C16H10ClNO5/c17-13-7-6-12(9-14(13)18(22)23)15(19)8-3-10-1-4-11(5-2-10)16(20)21/h1-9H,(H,20,21)/p-1/b8-3+. The molecule has 6 nitrogen and oxygen atoms in total. The number of nitro groups is 1. The number of nitrogens with zero attached hydrogens (tertiary/aromatic N) is 1. The Kier molecular flexibility index (Phi) is 4.88. The number of benzene rings is 2. The minimum atomic E-state index is -1.29. The van der Waals surface area contributed by atoms with Crippen molar-refractivity contribution in [3.05, 3.63) is 80.4 Å². The SMILES string of the molecule is O=C([O-])c1ccc(/C=C/C(=O)c2ccc(Cl)c([N+](=O)[O-])c2)cc1. The molecule has 2 aromatic carbocycles. The van der Waals surface area contributed by atoms with Crippen molar-refractivity contribution in [2.75, 3.05) is 0 Å². The number of carboxylic acid groups (broad SMARTS) is 1. The topological polar surface area (TPSA) is 100 Å². The molecular formula is C16H9ClNO5-. The predicted octanol–water partition coefficient (Wildman–Crippen LogP) is 2.51. The van der Waals surface area contributed by atoms with E-state index in [2.05, 4.69) is 0 Å². The van der Waals surface area contributed by atoms with E-state index in [0.717, 1.165) is 6.07 Å². The number of hydrogen-bond acceptors (Lipinski definition) is 5. The highest BCUT2D eigenvalue weighted by molar-refractivity contribution is 6.32. The second kappa shape index (κ2) is 6.85. The number of carbonyl (C=O) groups excluding carboxylic acids is 2. The van der Waals surface area contributed by atoms with Crippen LogP contribution < -0.4 is 5.11 Å². The smallest absolute Gasteiger partial charge is 0.288 e. The molecule has 0 amide bonds. The summed E-state index contributed by atoms with van der Waals surface area (Å²) in [6, 6.07) is 9.52. The van der Waals surface area contributed by atoms with Gasteiger partial charge in [-0.1, -0.05) is 41.9 Å². The molecule has 0 aliphatic carbocycles. The van der Waals surface area contributed by atoms with Gasteiger partial charge in [-0.15, -0.1) is 0 Å². The van der Waals surface area contributed by atoms with Gasteiger partial charge in [-0.05, 0) is 29.3 Å². The highest BCUT2D eigenvalue weighted by Crippen LogP contribution is 2.25. The molecular weight excluding hydrogens is 322 g/mol. The van der Waals surface area contributed by atoms with Crippen LogP contribution in [-0.4, -0.2) is 16.7 Å². The molecule has 2 rings (SSSR count). The quantitative estimate of drug-likeness (QED) is 0.363. The summed E-state index contributed by atoms with van der Waals surface area (Å²) in [7, 11) is 0. The summed E-state index contributed by atoms with van der Waals surface area (Å²) in [5.41, 5.74) is 0.418. The third-order valence-corrected chi connectivity index (χ3v) is 3.32. The van der Waals surface area contributed by atoms with Crippen molar-refractivity contribution in [2.24, 2.45) is 0 Å². The minimum Gasteiger partial charge on any atom is -0.545 e. The maximum atomic E-state index is 12.0. The van der Waals surface area contributed by atoms with Crippen LogP contribution in [0.25, 0.3) is 6.08 Å². The van der Waals surface area contributed by atoms with Crippen LogP contribution >= 0.6 is 11.6 Å². The highest BCUT2D eigenvalue weighted by atomic mass is 35.5. The average Bonchev–Trinajstić information content (AvgIpc) is 2.53. The Morgan fingerprint density at radius 3 is 2.22 bits per heavy atom. The third kappa shape index (κ3) is 4.02. The average molecular weight is 331 g/mol. The van der Waals surface area contributed by atoms with Gasteiger partial charge in [0.05, 0.1) is 10.9 Å². The summed E-state index contributed by atoms with van der Waals surface area (Å²) >= 11 is 5.69. The monoisotopic (exact) mass is 330 g/mol. The Labute approximate surface area is 135 Å². The van der Waals surface area contributed by atoms with Crippen LogP contribution in [-0.2, 0) is 0 Å². The molecule has 0 spiro atoms. The molecule has 0 unspecified atom stereocenters. The Morgan fingerprint density at radius 2 is 1.65 bits per heavy atom. The van der Waals surface area contributed by atoms with Gasteiger partial charge in [0.25, 0.3) is 5.69 Å². The lowest BCUT2D eigenvalue weighted by atomic mass is 10.1. The van der Waals surface area contributed by atoms with Gasteiger partial charge in [0.2, 0.25) is 0 Å². The van der Waals surface area contributed by atoms with Gasteiger partial charge < -0.3 is 9.90 Å². The molecule has 116 valence electrons. The Hall–Kier alpha value is -2.99. The van der Waals surface area contributed by atoms with Crippen molar-refractivity contribution in [1.29, 1.82) is 0 Å². The number of rotatable bonds is 5. The molecule has 0 saturated carbocycles. The summed E-state index contributed by atoms with van der Waals surface area (Å²) in [6.07, 6.45) is 2.71. The molecule has 7 heteroatoms. The van der Waals surface area contributed by atoms with Crippen molar-refractivity contribution in [2.45, 2.75) is 0 Å². The molecule has 0 N–H and O–H groups in total. The van der Waals surface area contributed by atoms with Crippen LogP contribution in [0.15, 0.2) is 48.5 Å². The first-order valence-corrected chi connectivity index (χ1v) is 6.74. The second-order valence-electron chi connectivity index (χ2n) is 4.53. The van der Waals surface area contributed by atoms with Crippen LogP contribution in [0.3, 0.4) is 0 Å². The number of allylic oxidation sites excluding steroid dienone is 1. The minimum absolute atomic E-state index is 0.0294. The van der Waals surface area contributed by atoms with Crippen molar-refractivity contribution in [3.63, 3.8) is 0 Å². The van der Waals surface area contributed by atoms with E-state index in [4.69, 9.17) is 11.6 Å². The van der Waals surface area contributed by atoms with Gasteiger partial charge in [-0.2, -0.15) is 0 Å². The molecule has 2 aromatic rings. The molecule has 0 heterocycles. The van der Waals surface area contributed by atoms with Crippen LogP contribution in [0, 0.1) is 10.1 Å². The van der Waals surface area contributed by atoms with Gasteiger partial charge in [-0.25, -0.2) is 0 Å². The highest BCUT2D eigenvalue weighted by Gasteiger charge is 2.14. The molecule has 0 bridgehead atoms. The predicted molar refractivity (Wildman–Crippen MR) is 82.2 cm³/mol. The number of carbonyl (C=O) groups is 2. The first-order valence-electron chi connectivity index (χ1n) is 6.36. The summed E-state index contributed by atoms with van der Waals surface area (Å²) in [4.78, 5) is 32.8. The first-order chi connectivity index (χ1) is 10.9.